The van der Waals surface area contributed by atoms with E-state index < -0.39 is 10.0 Å². The molecule has 2 aromatic rings. The summed E-state index contributed by atoms with van der Waals surface area (Å²) >= 11 is 0. The summed E-state index contributed by atoms with van der Waals surface area (Å²) in [5, 5.41) is 2.66. The minimum absolute atomic E-state index is 0.135. The highest BCUT2D eigenvalue weighted by molar-refractivity contribution is 7.89. The lowest BCUT2D eigenvalue weighted by Gasteiger charge is -2.12. The van der Waals surface area contributed by atoms with E-state index in [1.807, 2.05) is 6.92 Å². The van der Waals surface area contributed by atoms with Gasteiger partial charge < -0.3 is 10.1 Å². The summed E-state index contributed by atoms with van der Waals surface area (Å²) in [5.41, 5.74) is 0.771. The number of ether oxygens (including phenoxy) is 1. The van der Waals surface area contributed by atoms with Gasteiger partial charge in [-0.3, -0.25) is 4.79 Å². The lowest BCUT2D eigenvalue weighted by atomic mass is 10.2. The van der Waals surface area contributed by atoms with Crippen LogP contribution in [0.5, 0.6) is 5.75 Å². The summed E-state index contributed by atoms with van der Waals surface area (Å²) in [6, 6.07) is 11.5. The molecule has 0 saturated carbocycles. The summed E-state index contributed by atoms with van der Waals surface area (Å²) in [7, 11) is -3.57. The Hall–Kier alpha value is -2.45. The number of amides is 1. The Morgan fingerprint density at radius 2 is 1.74 bits per heavy atom. The standard InChI is InChI=1S/C19H23FN2O4S/c1-3-14(2)22-27(24,25)18-10-8-17(9-11-18)26-13-19(23)21-12-15-4-6-16(20)7-5-15/h4-11,14,22H,3,12-13H2,1-2H3,(H,21,23)/t14-/m0/s1. The van der Waals surface area contributed by atoms with Crippen LogP contribution in [0.1, 0.15) is 25.8 Å². The van der Waals surface area contributed by atoms with Gasteiger partial charge in [0.25, 0.3) is 5.91 Å². The molecule has 2 aromatic carbocycles. The third-order valence-electron chi connectivity index (χ3n) is 3.88. The molecule has 0 radical (unpaired) electrons. The minimum atomic E-state index is -3.57. The van der Waals surface area contributed by atoms with Crippen LogP contribution in [-0.2, 0) is 21.4 Å². The van der Waals surface area contributed by atoms with Crippen molar-refractivity contribution in [3.8, 4) is 5.75 Å². The fourth-order valence-corrected chi connectivity index (χ4v) is 3.46. The maximum absolute atomic E-state index is 12.8. The highest BCUT2D eigenvalue weighted by Gasteiger charge is 2.16. The van der Waals surface area contributed by atoms with Crippen LogP contribution in [0.3, 0.4) is 0 Å². The first-order chi connectivity index (χ1) is 12.8. The molecular weight excluding hydrogens is 371 g/mol. The number of carbonyl (C=O) groups excluding carboxylic acids is 1. The maximum atomic E-state index is 12.8. The van der Waals surface area contributed by atoms with Crippen molar-refractivity contribution in [1.82, 2.24) is 10.0 Å². The molecule has 0 saturated heterocycles. The molecule has 0 unspecified atom stereocenters. The highest BCUT2D eigenvalue weighted by atomic mass is 32.2. The molecule has 1 atom stereocenters. The monoisotopic (exact) mass is 394 g/mol. The van der Waals surface area contributed by atoms with Gasteiger partial charge in [0, 0.05) is 12.6 Å². The Morgan fingerprint density at radius 1 is 1.11 bits per heavy atom. The van der Waals surface area contributed by atoms with Gasteiger partial charge in [0.2, 0.25) is 10.0 Å². The highest BCUT2D eigenvalue weighted by Crippen LogP contribution is 2.16. The van der Waals surface area contributed by atoms with Crippen molar-refractivity contribution in [3.05, 3.63) is 59.9 Å². The molecule has 2 rings (SSSR count). The Balaban J connectivity index is 1.83. The van der Waals surface area contributed by atoms with Gasteiger partial charge in [-0.05, 0) is 55.3 Å². The zero-order chi connectivity index (χ0) is 19.9. The topological polar surface area (TPSA) is 84.5 Å². The average Bonchev–Trinajstić information content (AvgIpc) is 2.65. The molecule has 0 aliphatic carbocycles. The van der Waals surface area contributed by atoms with Crippen LogP contribution >= 0.6 is 0 Å². The molecule has 8 heteroatoms. The van der Waals surface area contributed by atoms with Crippen molar-refractivity contribution in [1.29, 1.82) is 0 Å². The number of sulfonamides is 1. The molecule has 0 aromatic heterocycles. The zero-order valence-electron chi connectivity index (χ0n) is 15.2. The molecule has 0 aliphatic rings. The van der Waals surface area contributed by atoms with Crippen molar-refractivity contribution in [2.24, 2.45) is 0 Å². The first-order valence-electron chi connectivity index (χ1n) is 8.56. The van der Waals surface area contributed by atoms with Gasteiger partial charge in [-0.25, -0.2) is 17.5 Å². The largest absolute Gasteiger partial charge is 0.484 e. The molecule has 0 fully saturated rings. The predicted octanol–water partition coefficient (Wildman–Crippen LogP) is 2.60. The number of rotatable bonds is 9. The third kappa shape index (κ3) is 6.65. The van der Waals surface area contributed by atoms with E-state index in [0.717, 1.165) is 5.56 Å². The van der Waals surface area contributed by atoms with Gasteiger partial charge in [0.15, 0.2) is 6.61 Å². The fraction of sp³-hybridized carbons (Fsp3) is 0.316. The third-order valence-corrected chi connectivity index (χ3v) is 5.48. The average molecular weight is 394 g/mol. The second kappa shape index (κ2) is 9.48. The van der Waals surface area contributed by atoms with Crippen LogP contribution in [0.2, 0.25) is 0 Å². The minimum Gasteiger partial charge on any atom is -0.484 e. The van der Waals surface area contributed by atoms with E-state index in [9.17, 15) is 17.6 Å². The van der Waals surface area contributed by atoms with E-state index in [4.69, 9.17) is 4.74 Å². The van der Waals surface area contributed by atoms with Gasteiger partial charge >= 0.3 is 0 Å². The second-order valence-corrected chi connectivity index (χ2v) is 7.81. The molecular formula is C19H23FN2O4S. The summed E-state index contributed by atoms with van der Waals surface area (Å²) < 4.78 is 45.1. The van der Waals surface area contributed by atoms with Crippen molar-refractivity contribution in [2.75, 3.05) is 6.61 Å². The van der Waals surface area contributed by atoms with Gasteiger partial charge in [0.05, 0.1) is 4.90 Å². The molecule has 146 valence electrons. The molecule has 6 nitrogen and oxygen atoms in total. The zero-order valence-corrected chi connectivity index (χ0v) is 16.1. The van der Waals surface area contributed by atoms with E-state index in [1.165, 1.54) is 36.4 Å². The number of carbonyl (C=O) groups is 1. The molecule has 1 amide bonds. The van der Waals surface area contributed by atoms with Crippen LogP contribution in [0.4, 0.5) is 4.39 Å². The Bertz CT molecular complexity index is 852. The fourth-order valence-electron chi connectivity index (χ4n) is 2.13. The Labute approximate surface area is 158 Å². The van der Waals surface area contributed by atoms with E-state index in [2.05, 4.69) is 10.0 Å². The Kier molecular flexibility index (Phi) is 7.32. The quantitative estimate of drug-likeness (QED) is 0.685. The first-order valence-corrected chi connectivity index (χ1v) is 10.0. The molecule has 0 bridgehead atoms. The van der Waals surface area contributed by atoms with Crippen molar-refractivity contribution in [2.45, 2.75) is 37.8 Å². The SMILES string of the molecule is CC[C@H](C)NS(=O)(=O)c1ccc(OCC(=O)NCc2ccc(F)cc2)cc1. The molecule has 27 heavy (non-hydrogen) atoms. The smallest absolute Gasteiger partial charge is 0.258 e. The predicted molar refractivity (Wildman–Crippen MR) is 100 cm³/mol. The van der Waals surface area contributed by atoms with Crippen LogP contribution in [0, 0.1) is 5.82 Å². The molecule has 0 aliphatic heterocycles. The lowest BCUT2D eigenvalue weighted by Crippen LogP contribution is -2.32. The van der Waals surface area contributed by atoms with Crippen LogP contribution < -0.4 is 14.8 Å². The molecule has 2 N–H and O–H groups in total. The van der Waals surface area contributed by atoms with Gasteiger partial charge in [-0.2, -0.15) is 0 Å². The van der Waals surface area contributed by atoms with Gasteiger partial charge in [-0.15, -0.1) is 0 Å². The van der Waals surface area contributed by atoms with Gasteiger partial charge in [0.1, 0.15) is 11.6 Å². The summed E-state index contributed by atoms with van der Waals surface area (Å²) in [5.74, 6) is -0.290. The van der Waals surface area contributed by atoms with E-state index >= 15 is 0 Å². The molecule has 0 spiro atoms. The Morgan fingerprint density at radius 3 is 2.33 bits per heavy atom. The van der Waals surface area contributed by atoms with Gasteiger partial charge in [-0.1, -0.05) is 19.1 Å². The number of benzene rings is 2. The van der Waals surface area contributed by atoms with Crippen molar-refractivity contribution < 1.29 is 22.3 Å². The van der Waals surface area contributed by atoms with E-state index in [-0.39, 0.29) is 35.8 Å². The number of nitrogens with one attached hydrogen (secondary N) is 2. The van der Waals surface area contributed by atoms with Crippen molar-refractivity contribution >= 4 is 15.9 Å². The number of hydrogen-bond donors (Lipinski definition) is 2. The number of halogens is 1. The summed E-state index contributed by atoms with van der Waals surface area (Å²) in [4.78, 5) is 12.0. The lowest BCUT2D eigenvalue weighted by molar-refractivity contribution is -0.123. The van der Waals surface area contributed by atoms with Crippen LogP contribution in [0.25, 0.3) is 0 Å². The summed E-state index contributed by atoms with van der Waals surface area (Å²) in [6.45, 7) is 3.74. The maximum Gasteiger partial charge on any atom is 0.258 e. The van der Waals surface area contributed by atoms with Crippen LogP contribution in [-0.4, -0.2) is 27.0 Å². The van der Waals surface area contributed by atoms with Crippen molar-refractivity contribution in [3.63, 3.8) is 0 Å². The summed E-state index contributed by atoms with van der Waals surface area (Å²) in [6.07, 6.45) is 0.688. The van der Waals surface area contributed by atoms with Crippen LogP contribution in [0.15, 0.2) is 53.4 Å². The molecule has 0 heterocycles. The van der Waals surface area contributed by atoms with E-state index in [0.29, 0.717) is 12.2 Å². The van der Waals surface area contributed by atoms with E-state index in [1.54, 1.807) is 19.1 Å². The number of hydrogen-bond acceptors (Lipinski definition) is 4. The normalized spacial score (nSPS) is 12.4. The first kappa shape index (κ1) is 20.9. The second-order valence-electron chi connectivity index (χ2n) is 6.09.